The van der Waals surface area contributed by atoms with Crippen LogP contribution in [0.25, 0.3) is 0 Å². The summed E-state index contributed by atoms with van der Waals surface area (Å²) in [5, 5.41) is 6.02. The molecule has 0 aromatic heterocycles. The predicted octanol–water partition coefficient (Wildman–Crippen LogP) is 0.825. The number of rotatable bonds is 4. The molecule has 0 aromatic rings. The van der Waals surface area contributed by atoms with Crippen LogP contribution < -0.4 is 10.6 Å². The largest absolute Gasteiger partial charge is 0.316 e. The lowest BCUT2D eigenvalue weighted by Gasteiger charge is -1.88. The summed E-state index contributed by atoms with van der Waals surface area (Å²) in [6.07, 6.45) is 4.19. The summed E-state index contributed by atoms with van der Waals surface area (Å²) in [6.45, 7) is 1.92. The Labute approximate surface area is 75.3 Å². The van der Waals surface area contributed by atoms with E-state index >= 15 is 0 Å². The van der Waals surface area contributed by atoms with Crippen LogP contribution in [0, 0.1) is 0 Å². The van der Waals surface area contributed by atoms with Crippen LogP contribution in [0.2, 0.25) is 0 Å². The van der Waals surface area contributed by atoms with Crippen LogP contribution in [0.1, 0.15) is 0 Å². The quantitative estimate of drug-likeness (QED) is 0.637. The highest BCUT2D eigenvalue weighted by molar-refractivity contribution is 5.85. The summed E-state index contributed by atoms with van der Waals surface area (Å²) in [6, 6.07) is 0. The zero-order valence-electron chi connectivity index (χ0n) is 6.39. The molecule has 0 amide bonds. The average molecular weight is 187 g/mol. The molecule has 0 aliphatic rings. The summed E-state index contributed by atoms with van der Waals surface area (Å²) in [5.41, 5.74) is 0. The fourth-order valence-electron chi connectivity index (χ4n) is 0.402. The number of hydrogen-bond donors (Lipinski definition) is 2. The van der Waals surface area contributed by atoms with Gasteiger partial charge in [0.2, 0.25) is 0 Å². The molecule has 4 heteroatoms. The molecule has 0 heterocycles. The lowest BCUT2D eigenvalue weighted by atomic mass is 10.5. The second-order valence-corrected chi connectivity index (χ2v) is 1.59. The van der Waals surface area contributed by atoms with Gasteiger partial charge in [0.05, 0.1) is 0 Å². The minimum Gasteiger partial charge on any atom is -0.316 e. The maximum absolute atomic E-state index is 3.01. The third-order valence-corrected chi connectivity index (χ3v) is 0.811. The molecule has 0 rings (SSSR count). The second kappa shape index (κ2) is 16.1. The fraction of sp³-hybridized carbons (Fsp3) is 0.667. The number of likely N-dealkylation sites (N-methyl/N-ethyl adjacent to an activating group) is 2. The van der Waals surface area contributed by atoms with Gasteiger partial charge in [-0.15, -0.1) is 24.8 Å². The van der Waals surface area contributed by atoms with Crippen LogP contribution >= 0.6 is 24.8 Å². The van der Waals surface area contributed by atoms with Crippen molar-refractivity contribution in [2.75, 3.05) is 27.2 Å². The third kappa shape index (κ3) is 15.7. The van der Waals surface area contributed by atoms with Crippen molar-refractivity contribution in [3.8, 4) is 0 Å². The highest BCUT2D eigenvalue weighted by Crippen LogP contribution is 1.64. The van der Waals surface area contributed by atoms with Crippen molar-refractivity contribution in [2.24, 2.45) is 0 Å². The topological polar surface area (TPSA) is 24.1 Å². The summed E-state index contributed by atoms with van der Waals surface area (Å²) in [4.78, 5) is 0. The zero-order valence-corrected chi connectivity index (χ0v) is 8.02. The molecule has 0 saturated heterocycles. The summed E-state index contributed by atoms with van der Waals surface area (Å²) in [7, 11) is 3.87. The van der Waals surface area contributed by atoms with Crippen molar-refractivity contribution in [2.45, 2.75) is 0 Å². The Morgan fingerprint density at radius 2 is 1.20 bits per heavy atom. The molecule has 0 radical (unpaired) electrons. The molecular weight excluding hydrogens is 171 g/mol. The van der Waals surface area contributed by atoms with Crippen molar-refractivity contribution in [1.82, 2.24) is 10.6 Å². The van der Waals surface area contributed by atoms with Crippen LogP contribution in [0.4, 0.5) is 0 Å². The summed E-state index contributed by atoms with van der Waals surface area (Å²) < 4.78 is 0. The lowest BCUT2D eigenvalue weighted by molar-refractivity contribution is 0.891. The maximum Gasteiger partial charge on any atom is 0.0132 e. The highest BCUT2D eigenvalue weighted by atomic mass is 35.5. The standard InChI is InChI=1S/C6H14N2.2ClH/c1-7-5-3-4-6-8-2;;/h3-4,7-8H,5-6H2,1-2H3;2*1H/b4-3+;;. The van der Waals surface area contributed by atoms with Crippen molar-refractivity contribution in [3.63, 3.8) is 0 Å². The van der Waals surface area contributed by atoms with E-state index in [0.29, 0.717) is 0 Å². The SMILES string of the molecule is CNC/C=C/CNC.Cl.Cl. The minimum absolute atomic E-state index is 0. The molecule has 0 aliphatic carbocycles. The Hall–Kier alpha value is 0.240. The number of nitrogens with one attached hydrogen (secondary N) is 2. The molecule has 0 spiro atoms. The first-order chi connectivity index (χ1) is 3.91. The predicted molar refractivity (Wildman–Crippen MR) is 51.5 cm³/mol. The molecule has 0 aliphatic heterocycles. The Morgan fingerprint density at radius 1 is 0.900 bits per heavy atom. The third-order valence-electron chi connectivity index (χ3n) is 0.811. The minimum atomic E-state index is 0. The second-order valence-electron chi connectivity index (χ2n) is 1.59. The van der Waals surface area contributed by atoms with Gasteiger partial charge in [0, 0.05) is 13.1 Å². The van der Waals surface area contributed by atoms with Gasteiger partial charge in [0.15, 0.2) is 0 Å². The summed E-state index contributed by atoms with van der Waals surface area (Å²) in [5.74, 6) is 0. The first-order valence-electron chi connectivity index (χ1n) is 2.86. The van der Waals surface area contributed by atoms with Crippen LogP contribution in [0.15, 0.2) is 12.2 Å². The van der Waals surface area contributed by atoms with Gasteiger partial charge >= 0.3 is 0 Å². The van der Waals surface area contributed by atoms with Crippen molar-refractivity contribution in [3.05, 3.63) is 12.2 Å². The smallest absolute Gasteiger partial charge is 0.0132 e. The lowest BCUT2D eigenvalue weighted by Crippen LogP contribution is -2.07. The van der Waals surface area contributed by atoms with Crippen molar-refractivity contribution >= 4 is 24.8 Å². The molecule has 0 unspecified atom stereocenters. The first kappa shape index (κ1) is 16.7. The van der Waals surface area contributed by atoms with Gasteiger partial charge in [0.25, 0.3) is 0 Å². The van der Waals surface area contributed by atoms with E-state index in [1.807, 2.05) is 14.1 Å². The van der Waals surface area contributed by atoms with Crippen molar-refractivity contribution in [1.29, 1.82) is 0 Å². The van der Waals surface area contributed by atoms with E-state index < -0.39 is 0 Å². The number of halogens is 2. The van der Waals surface area contributed by atoms with Crippen LogP contribution in [0.5, 0.6) is 0 Å². The first-order valence-corrected chi connectivity index (χ1v) is 2.86. The van der Waals surface area contributed by atoms with E-state index in [4.69, 9.17) is 0 Å². The van der Waals surface area contributed by atoms with Crippen molar-refractivity contribution < 1.29 is 0 Å². The Morgan fingerprint density at radius 3 is 1.40 bits per heavy atom. The molecule has 2 N–H and O–H groups in total. The van der Waals surface area contributed by atoms with Gasteiger partial charge in [-0.05, 0) is 14.1 Å². The van der Waals surface area contributed by atoms with Gasteiger partial charge in [-0.3, -0.25) is 0 Å². The van der Waals surface area contributed by atoms with Gasteiger partial charge in [-0.2, -0.15) is 0 Å². The molecule has 0 saturated carbocycles. The number of hydrogen-bond acceptors (Lipinski definition) is 2. The van der Waals surface area contributed by atoms with E-state index in [1.54, 1.807) is 0 Å². The van der Waals surface area contributed by atoms with Crippen LogP contribution in [-0.2, 0) is 0 Å². The molecule has 0 fully saturated rings. The van der Waals surface area contributed by atoms with Crippen LogP contribution in [0.3, 0.4) is 0 Å². The van der Waals surface area contributed by atoms with Gasteiger partial charge in [-0.25, -0.2) is 0 Å². The molecule has 0 aromatic carbocycles. The monoisotopic (exact) mass is 186 g/mol. The van der Waals surface area contributed by atoms with E-state index in [1.165, 1.54) is 0 Å². The molecule has 0 bridgehead atoms. The molecule has 10 heavy (non-hydrogen) atoms. The van der Waals surface area contributed by atoms with E-state index in [9.17, 15) is 0 Å². The Balaban J connectivity index is -0.000000245. The molecule has 64 valence electrons. The summed E-state index contributed by atoms with van der Waals surface area (Å²) >= 11 is 0. The molecule has 2 nitrogen and oxygen atoms in total. The molecular formula is C6H16Cl2N2. The van der Waals surface area contributed by atoms with E-state index in [0.717, 1.165) is 13.1 Å². The Bertz CT molecular complexity index is 58.8. The molecule has 0 atom stereocenters. The fourth-order valence-corrected chi connectivity index (χ4v) is 0.402. The van der Waals surface area contributed by atoms with Gasteiger partial charge in [-0.1, -0.05) is 12.2 Å². The van der Waals surface area contributed by atoms with E-state index in [2.05, 4.69) is 22.8 Å². The van der Waals surface area contributed by atoms with Crippen LogP contribution in [-0.4, -0.2) is 27.2 Å². The normalized spacial score (nSPS) is 8.60. The zero-order chi connectivity index (χ0) is 6.24. The van der Waals surface area contributed by atoms with Gasteiger partial charge in [0.1, 0.15) is 0 Å². The van der Waals surface area contributed by atoms with Gasteiger partial charge < -0.3 is 10.6 Å². The maximum atomic E-state index is 3.01. The average Bonchev–Trinajstić information content (AvgIpc) is 1.81. The Kier molecular flexibility index (Phi) is 26.9. The highest BCUT2D eigenvalue weighted by Gasteiger charge is 1.68. The van der Waals surface area contributed by atoms with E-state index in [-0.39, 0.29) is 24.8 Å².